The Kier molecular flexibility index (Phi) is 7.07. The summed E-state index contributed by atoms with van der Waals surface area (Å²) in [5.74, 6) is 0.356. The first-order valence-electron chi connectivity index (χ1n) is 9.13. The molecule has 0 radical (unpaired) electrons. The maximum absolute atomic E-state index is 12.6. The Morgan fingerprint density at radius 3 is 2.43 bits per heavy atom. The number of amides is 1. The molecule has 2 rings (SSSR count). The monoisotopic (exact) mass is 404 g/mol. The highest BCUT2D eigenvalue weighted by molar-refractivity contribution is 7.92. The van der Waals surface area contributed by atoms with E-state index in [1.165, 1.54) is 4.31 Å². The van der Waals surface area contributed by atoms with Crippen LogP contribution in [0.3, 0.4) is 0 Å². The molecular weight excluding hydrogens is 376 g/mol. The third-order valence-corrected chi connectivity index (χ3v) is 5.58. The number of anilines is 1. The molecule has 1 N–H and O–H groups in total. The van der Waals surface area contributed by atoms with Crippen LogP contribution in [0.25, 0.3) is 0 Å². The van der Waals surface area contributed by atoms with Gasteiger partial charge in [-0.25, -0.2) is 8.42 Å². The SMILES string of the molecule is Cc1cccc(OCCNC(=O)[C@H](C)N(c2cc(C)ccc2C)S(C)(=O)=O)c1. The maximum Gasteiger partial charge on any atom is 0.243 e. The zero-order valence-electron chi connectivity index (χ0n) is 17.0. The number of nitrogens with one attached hydrogen (secondary N) is 1. The van der Waals surface area contributed by atoms with E-state index >= 15 is 0 Å². The summed E-state index contributed by atoms with van der Waals surface area (Å²) in [5, 5.41) is 2.75. The number of carbonyl (C=O) groups excluding carboxylic acids is 1. The van der Waals surface area contributed by atoms with E-state index in [1.807, 2.05) is 57.2 Å². The van der Waals surface area contributed by atoms with Crippen LogP contribution < -0.4 is 14.4 Å². The standard InChI is InChI=1S/C21H28N2O4S/c1-15-7-6-8-19(13-15)27-12-11-22-21(24)18(4)23(28(5,25)26)20-14-16(2)9-10-17(20)3/h6-10,13-14,18H,11-12H2,1-5H3,(H,22,24)/t18-/m0/s1. The fourth-order valence-corrected chi connectivity index (χ4v) is 4.16. The number of nitrogens with zero attached hydrogens (tertiary/aromatic N) is 1. The molecule has 0 saturated heterocycles. The van der Waals surface area contributed by atoms with Gasteiger partial charge in [0.2, 0.25) is 15.9 Å². The Bertz CT molecular complexity index is 941. The topological polar surface area (TPSA) is 75.7 Å². The van der Waals surface area contributed by atoms with Crippen LogP contribution in [-0.2, 0) is 14.8 Å². The Morgan fingerprint density at radius 2 is 1.79 bits per heavy atom. The van der Waals surface area contributed by atoms with Crippen molar-refractivity contribution >= 4 is 21.6 Å². The van der Waals surface area contributed by atoms with Gasteiger partial charge in [0.15, 0.2) is 0 Å². The van der Waals surface area contributed by atoms with Crippen molar-refractivity contribution in [2.45, 2.75) is 33.7 Å². The van der Waals surface area contributed by atoms with Crippen LogP contribution in [0.15, 0.2) is 42.5 Å². The van der Waals surface area contributed by atoms with Gasteiger partial charge in [-0.15, -0.1) is 0 Å². The largest absolute Gasteiger partial charge is 0.492 e. The van der Waals surface area contributed by atoms with Gasteiger partial charge in [-0.05, 0) is 62.6 Å². The third kappa shape index (κ3) is 5.73. The lowest BCUT2D eigenvalue weighted by molar-refractivity contribution is -0.121. The number of hydrogen-bond acceptors (Lipinski definition) is 4. The van der Waals surface area contributed by atoms with Crippen molar-refractivity contribution in [2.75, 3.05) is 23.7 Å². The highest BCUT2D eigenvalue weighted by Gasteiger charge is 2.30. The maximum atomic E-state index is 12.6. The van der Waals surface area contributed by atoms with Gasteiger partial charge in [-0.2, -0.15) is 0 Å². The molecule has 28 heavy (non-hydrogen) atoms. The minimum Gasteiger partial charge on any atom is -0.492 e. The molecule has 2 aromatic rings. The number of carbonyl (C=O) groups is 1. The van der Waals surface area contributed by atoms with Crippen molar-refractivity contribution in [3.63, 3.8) is 0 Å². The van der Waals surface area contributed by atoms with E-state index in [4.69, 9.17) is 4.74 Å². The van der Waals surface area contributed by atoms with Gasteiger partial charge in [0, 0.05) is 0 Å². The van der Waals surface area contributed by atoms with Gasteiger partial charge >= 0.3 is 0 Å². The zero-order chi connectivity index (χ0) is 20.9. The van der Waals surface area contributed by atoms with Gasteiger partial charge in [0.1, 0.15) is 18.4 Å². The summed E-state index contributed by atoms with van der Waals surface area (Å²) in [6, 6.07) is 12.3. The summed E-state index contributed by atoms with van der Waals surface area (Å²) < 4.78 is 31.6. The molecule has 0 bridgehead atoms. The van der Waals surface area contributed by atoms with E-state index < -0.39 is 16.1 Å². The highest BCUT2D eigenvalue weighted by Crippen LogP contribution is 2.26. The van der Waals surface area contributed by atoms with Crippen LogP contribution in [0.2, 0.25) is 0 Å². The molecule has 0 saturated carbocycles. The van der Waals surface area contributed by atoms with Crippen LogP contribution in [-0.4, -0.2) is 39.8 Å². The van der Waals surface area contributed by atoms with E-state index in [-0.39, 0.29) is 12.5 Å². The van der Waals surface area contributed by atoms with Gasteiger partial charge in [-0.3, -0.25) is 9.10 Å². The summed E-state index contributed by atoms with van der Waals surface area (Å²) >= 11 is 0. The second-order valence-electron chi connectivity index (χ2n) is 6.98. The smallest absolute Gasteiger partial charge is 0.243 e. The van der Waals surface area contributed by atoms with Crippen LogP contribution in [0.5, 0.6) is 5.75 Å². The molecule has 0 aliphatic carbocycles. The molecule has 0 fully saturated rings. The van der Waals surface area contributed by atoms with Crippen LogP contribution in [0.4, 0.5) is 5.69 Å². The fourth-order valence-electron chi connectivity index (χ4n) is 2.93. The summed E-state index contributed by atoms with van der Waals surface area (Å²) in [6.45, 7) is 7.85. The Balaban J connectivity index is 2.04. The number of ether oxygens (including phenoxy) is 1. The Labute approximate surface area is 167 Å². The van der Waals surface area contributed by atoms with Crippen molar-refractivity contribution in [1.29, 1.82) is 0 Å². The quantitative estimate of drug-likeness (QED) is 0.687. The number of benzene rings is 2. The molecule has 0 aliphatic heterocycles. The lowest BCUT2D eigenvalue weighted by atomic mass is 10.1. The predicted octanol–water partition coefficient (Wildman–Crippen LogP) is 2.96. The molecule has 0 spiro atoms. The first-order chi connectivity index (χ1) is 13.1. The molecular formula is C21H28N2O4S. The van der Waals surface area contributed by atoms with Crippen molar-refractivity contribution in [2.24, 2.45) is 0 Å². The number of sulfonamides is 1. The average Bonchev–Trinajstić information content (AvgIpc) is 2.60. The highest BCUT2D eigenvalue weighted by atomic mass is 32.2. The second-order valence-corrected chi connectivity index (χ2v) is 8.84. The molecule has 152 valence electrons. The molecule has 0 aliphatic rings. The molecule has 1 amide bonds. The lowest BCUT2D eigenvalue weighted by Gasteiger charge is -2.29. The molecule has 2 aromatic carbocycles. The van der Waals surface area contributed by atoms with E-state index in [9.17, 15) is 13.2 Å². The minimum atomic E-state index is -3.64. The van der Waals surface area contributed by atoms with Gasteiger partial charge in [0.05, 0.1) is 18.5 Å². The molecule has 0 unspecified atom stereocenters. The van der Waals surface area contributed by atoms with Gasteiger partial charge in [-0.1, -0.05) is 24.3 Å². The minimum absolute atomic E-state index is 0.279. The summed E-state index contributed by atoms with van der Waals surface area (Å²) in [7, 11) is -3.64. The van der Waals surface area contributed by atoms with E-state index in [2.05, 4.69) is 5.32 Å². The van der Waals surface area contributed by atoms with Crippen LogP contribution in [0, 0.1) is 20.8 Å². The molecule has 0 heterocycles. The second kappa shape index (κ2) is 9.10. The summed E-state index contributed by atoms with van der Waals surface area (Å²) in [4.78, 5) is 12.6. The number of hydrogen-bond donors (Lipinski definition) is 1. The third-order valence-electron chi connectivity index (χ3n) is 4.35. The Hall–Kier alpha value is -2.54. The molecule has 0 aromatic heterocycles. The number of rotatable bonds is 8. The van der Waals surface area contributed by atoms with E-state index in [1.54, 1.807) is 13.0 Å². The Morgan fingerprint density at radius 1 is 1.11 bits per heavy atom. The predicted molar refractivity (Wildman–Crippen MR) is 112 cm³/mol. The van der Waals surface area contributed by atoms with E-state index in [0.29, 0.717) is 12.3 Å². The fraction of sp³-hybridized carbons (Fsp3) is 0.381. The van der Waals surface area contributed by atoms with Crippen molar-refractivity contribution in [3.8, 4) is 5.75 Å². The van der Waals surface area contributed by atoms with E-state index in [0.717, 1.165) is 28.7 Å². The summed E-state index contributed by atoms with van der Waals surface area (Å²) in [5.41, 5.74) is 3.32. The van der Waals surface area contributed by atoms with Crippen LogP contribution in [0.1, 0.15) is 23.6 Å². The van der Waals surface area contributed by atoms with Crippen molar-refractivity contribution in [3.05, 3.63) is 59.2 Å². The van der Waals surface area contributed by atoms with Gasteiger partial charge in [0.25, 0.3) is 0 Å². The molecule has 7 heteroatoms. The van der Waals surface area contributed by atoms with Crippen molar-refractivity contribution < 1.29 is 17.9 Å². The number of aryl methyl sites for hydroxylation is 3. The lowest BCUT2D eigenvalue weighted by Crippen LogP contribution is -2.48. The van der Waals surface area contributed by atoms with Crippen LogP contribution >= 0.6 is 0 Å². The normalized spacial score (nSPS) is 12.3. The molecule has 1 atom stereocenters. The first-order valence-corrected chi connectivity index (χ1v) is 11.0. The molecule has 6 nitrogen and oxygen atoms in total. The first kappa shape index (κ1) is 21.8. The van der Waals surface area contributed by atoms with Crippen molar-refractivity contribution in [1.82, 2.24) is 5.32 Å². The average molecular weight is 405 g/mol. The summed E-state index contributed by atoms with van der Waals surface area (Å²) in [6.07, 6.45) is 1.11. The zero-order valence-corrected chi connectivity index (χ0v) is 17.8. The van der Waals surface area contributed by atoms with Gasteiger partial charge < -0.3 is 10.1 Å².